The molecule has 1 saturated heterocycles. The van der Waals surface area contributed by atoms with E-state index in [2.05, 4.69) is 22.2 Å². The Kier molecular flexibility index (Phi) is 5.29. The SMILES string of the molecule is CCCCN=C(NN)N1CCCC1C1CCCC1. The first-order valence-electron chi connectivity index (χ1n) is 7.64. The summed E-state index contributed by atoms with van der Waals surface area (Å²) in [6, 6.07) is 0.684. The lowest BCUT2D eigenvalue weighted by atomic mass is 9.96. The molecule has 3 N–H and O–H groups in total. The van der Waals surface area contributed by atoms with E-state index in [1.54, 1.807) is 0 Å². The van der Waals surface area contributed by atoms with Gasteiger partial charge < -0.3 is 4.90 Å². The first-order chi connectivity index (χ1) is 8.86. The second-order valence-corrected chi connectivity index (χ2v) is 5.65. The molecule has 0 aromatic heterocycles. The van der Waals surface area contributed by atoms with Crippen molar-refractivity contribution < 1.29 is 0 Å². The summed E-state index contributed by atoms with van der Waals surface area (Å²) in [6.07, 6.45) is 10.6. The van der Waals surface area contributed by atoms with Gasteiger partial charge in [0.15, 0.2) is 0 Å². The molecule has 0 amide bonds. The van der Waals surface area contributed by atoms with Crippen LogP contribution in [0.1, 0.15) is 58.3 Å². The Balaban J connectivity index is 1.97. The summed E-state index contributed by atoms with van der Waals surface area (Å²) < 4.78 is 0. The third-order valence-corrected chi connectivity index (χ3v) is 4.42. The third-order valence-electron chi connectivity index (χ3n) is 4.42. The smallest absolute Gasteiger partial charge is 0.208 e. The lowest BCUT2D eigenvalue weighted by Crippen LogP contribution is -2.49. The van der Waals surface area contributed by atoms with Crippen LogP contribution in [-0.2, 0) is 0 Å². The van der Waals surface area contributed by atoms with Crippen molar-refractivity contribution in [1.29, 1.82) is 0 Å². The second kappa shape index (κ2) is 6.98. The lowest BCUT2D eigenvalue weighted by Gasteiger charge is -2.31. The van der Waals surface area contributed by atoms with Crippen LogP contribution in [0.2, 0.25) is 0 Å². The summed E-state index contributed by atoms with van der Waals surface area (Å²) in [5.41, 5.74) is 2.83. The van der Waals surface area contributed by atoms with Gasteiger partial charge in [-0.25, -0.2) is 5.84 Å². The number of nitrogens with two attached hydrogens (primary N) is 1. The fourth-order valence-corrected chi connectivity index (χ4v) is 3.45. The zero-order chi connectivity index (χ0) is 12.8. The van der Waals surface area contributed by atoms with Gasteiger partial charge in [0.1, 0.15) is 0 Å². The van der Waals surface area contributed by atoms with Gasteiger partial charge in [-0.3, -0.25) is 10.4 Å². The predicted octanol–water partition coefficient (Wildman–Crippen LogP) is 2.26. The summed E-state index contributed by atoms with van der Waals surface area (Å²) in [6.45, 7) is 4.21. The largest absolute Gasteiger partial charge is 0.339 e. The average Bonchev–Trinajstić information content (AvgIpc) is 3.04. The minimum Gasteiger partial charge on any atom is -0.339 e. The molecule has 2 rings (SSSR count). The maximum atomic E-state index is 5.67. The highest BCUT2D eigenvalue weighted by Gasteiger charge is 2.34. The molecule has 104 valence electrons. The van der Waals surface area contributed by atoms with Gasteiger partial charge in [0, 0.05) is 19.1 Å². The minimum absolute atomic E-state index is 0.684. The fourth-order valence-electron chi connectivity index (χ4n) is 3.45. The number of hydrogen-bond acceptors (Lipinski definition) is 2. The van der Waals surface area contributed by atoms with E-state index in [0.717, 1.165) is 31.4 Å². The summed E-state index contributed by atoms with van der Waals surface area (Å²) >= 11 is 0. The van der Waals surface area contributed by atoms with Crippen LogP contribution in [-0.4, -0.2) is 30.0 Å². The van der Waals surface area contributed by atoms with Crippen molar-refractivity contribution in [2.75, 3.05) is 13.1 Å². The van der Waals surface area contributed by atoms with Crippen molar-refractivity contribution in [3.63, 3.8) is 0 Å². The van der Waals surface area contributed by atoms with Crippen molar-refractivity contribution in [1.82, 2.24) is 10.3 Å². The van der Waals surface area contributed by atoms with Crippen LogP contribution < -0.4 is 11.3 Å². The molecule has 1 heterocycles. The number of nitrogens with zero attached hydrogens (tertiary/aromatic N) is 2. The lowest BCUT2D eigenvalue weighted by molar-refractivity contribution is 0.273. The Morgan fingerprint density at radius 2 is 2.06 bits per heavy atom. The fraction of sp³-hybridized carbons (Fsp3) is 0.929. The standard InChI is InChI=1S/C14H28N4/c1-2-3-10-16-14(17-15)18-11-6-9-13(18)12-7-4-5-8-12/h12-13H,2-11,15H2,1H3,(H,16,17). The van der Waals surface area contributed by atoms with Crippen LogP contribution in [0.5, 0.6) is 0 Å². The number of guanidine groups is 1. The van der Waals surface area contributed by atoms with E-state index < -0.39 is 0 Å². The Morgan fingerprint density at radius 3 is 2.72 bits per heavy atom. The number of hydrazine groups is 1. The van der Waals surface area contributed by atoms with E-state index in [-0.39, 0.29) is 0 Å². The first-order valence-corrected chi connectivity index (χ1v) is 7.64. The van der Waals surface area contributed by atoms with E-state index in [0.29, 0.717) is 6.04 Å². The molecule has 1 atom stereocenters. The number of aliphatic imine (C=N–C) groups is 1. The summed E-state index contributed by atoms with van der Waals surface area (Å²) in [5.74, 6) is 7.47. The normalized spacial score (nSPS) is 26.0. The van der Waals surface area contributed by atoms with Crippen LogP contribution in [0.3, 0.4) is 0 Å². The van der Waals surface area contributed by atoms with Gasteiger partial charge in [0.25, 0.3) is 0 Å². The van der Waals surface area contributed by atoms with E-state index >= 15 is 0 Å². The highest BCUT2D eigenvalue weighted by Crippen LogP contribution is 2.35. The zero-order valence-electron chi connectivity index (χ0n) is 11.7. The molecular weight excluding hydrogens is 224 g/mol. The molecule has 2 aliphatic rings. The van der Waals surface area contributed by atoms with Gasteiger partial charge in [0.05, 0.1) is 0 Å². The molecule has 1 unspecified atom stereocenters. The topological polar surface area (TPSA) is 53.6 Å². The zero-order valence-corrected chi connectivity index (χ0v) is 11.7. The molecule has 1 aliphatic carbocycles. The van der Waals surface area contributed by atoms with Crippen molar-refractivity contribution in [3.8, 4) is 0 Å². The van der Waals surface area contributed by atoms with Gasteiger partial charge in [-0.15, -0.1) is 0 Å². The van der Waals surface area contributed by atoms with Crippen molar-refractivity contribution in [3.05, 3.63) is 0 Å². The highest BCUT2D eigenvalue weighted by atomic mass is 15.4. The monoisotopic (exact) mass is 252 g/mol. The Labute approximate surface area is 111 Å². The Morgan fingerprint density at radius 1 is 1.28 bits per heavy atom. The first kappa shape index (κ1) is 13.7. The van der Waals surface area contributed by atoms with Crippen LogP contribution in [0.25, 0.3) is 0 Å². The molecule has 0 spiro atoms. The number of nitrogens with one attached hydrogen (secondary N) is 1. The Hall–Kier alpha value is -0.770. The van der Waals surface area contributed by atoms with Crippen molar-refractivity contribution >= 4 is 5.96 Å². The van der Waals surface area contributed by atoms with Gasteiger partial charge in [0.2, 0.25) is 5.96 Å². The average molecular weight is 252 g/mol. The van der Waals surface area contributed by atoms with Gasteiger partial charge >= 0.3 is 0 Å². The van der Waals surface area contributed by atoms with Crippen LogP contribution in [0.15, 0.2) is 4.99 Å². The molecule has 0 aromatic carbocycles. The summed E-state index contributed by atoms with van der Waals surface area (Å²) in [5, 5.41) is 0. The van der Waals surface area contributed by atoms with E-state index in [1.165, 1.54) is 44.9 Å². The molecule has 0 bridgehead atoms. The molecule has 1 aliphatic heterocycles. The minimum atomic E-state index is 0.684. The quantitative estimate of drug-likeness (QED) is 0.265. The number of likely N-dealkylation sites (tertiary alicyclic amines) is 1. The molecule has 2 fully saturated rings. The van der Waals surface area contributed by atoms with Crippen LogP contribution in [0.4, 0.5) is 0 Å². The second-order valence-electron chi connectivity index (χ2n) is 5.65. The molecule has 18 heavy (non-hydrogen) atoms. The molecule has 1 saturated carbocycles. The molecular formula is C14H28N4. The molecule has 4 heteroatoms. The van der Waals surface area contributed by atoms with Crippen molar-refractivity contribution in [2.45, 2.75) is 64.3 Å². The van der Waals surface area contributed by atoms with E-state index in [9.17, 15) is 0 Å². The van der Waals surface area contributed by atoms with Crippen molar-refractivity contribution in [2.24, 2.45) is 16.8 Å². The van der Waals surface area contributed by atoms with Gasteiger partial charge in [-0.05, 0) is 38.0 Å². The Bertz CT molecular complexity index is 271. The van der Waals surface area contributed by atoms with Gasteiger partial charge in [-0.1, -0.05) is 26.2 Å². The highest BCUT2D eigenvalue weighted by molar-refractivity contribution is 5.80. The molecule has 0 radical (unpaired) electrons. The van der Waals surface area contributed by atoms with Crippen LogP contribution in [0, 0.1) is 5.92 Å². The number of rotatable bonds is 4. The number of unbranched alkanes of at least 4 members (excludes halogenated alkanes) is 1. The third kappa shape index (κ3) is 3.16. The summed E-state index contributed by atoms with van der Waals surface area (Å²) in [4.78, 5) is 7.08. The molecule has 0 aromatic rings. The maximum Gasteiger partial charge on any atom is 0.208 e. The van der Waals surface area contributed by atoms with Crippen LogP contribution >= 0.6 is 0 Å². The van der Waals surface area contributed by atoms with E-state index in [1.807, 2.05) is 0 Å². The number of hydrogen-bond donors (Lipinski definition) is 2. The predicted molar refractivity (Wildman–Crippen MR) is 76.2 cm³/mol. The van der Waals surface area contributed by atoms with Gasteiger partial charge in [-0.2, -0.15) is 0 Å². The molecule has 4 nitrogen and oxygen atoms in total. The maximum absolute atomic E-state index is 5.67. The van der Waals surface area contributed by atoms with E-state index in [4.69, 9.17) is 5.84 Å². The summed E-state index contributed by atoms with van der Waals surface area (Å²) in [7, 11) is 0.